The maximum absolute atomic E-state index is 13.3. The van der Waals surface area contributed by atoms with Gasteiger partial charge < -0.3 is 15.4 Å². The molecule has 234 valence electrons. The average molecular weight is 654 g/mol. The maximum atomic E-state index is 13.3. The predicted octanol–water partition coefficient (Wildman–Crippen LogP) is 7.35. The van der Waals surface area contributed by atoms with E-state index in [1.54, 1.807) is 109 Å². The van der Waals surface area contributed by atoms with Gasteiger partial charge in [-0.15, -0.1) is 11.8 Å². The molecule has 4 aromatic carbocycles. The Kier molecular flexibility index (Phi) is 10.9. The first-order valence-corrected chi connectivity index (χ1v) is 16.1. The summed E-state index contributed by atoms with van der Waals surface area (Å²) in [7, 11) is 0. The third-order valence-corrected chi connectivity index (χ3v) is 8.48. The van der Waals surface area contributed by atoms with Crippen LogP contribution in [-0.2, 0) is 14.4 Å². The minimum atomic E-state index is -0.575. The van der Waals surface area contributed by atoms with Gasteiger partial charge in [-0.1, -0.05) is 55.3 Å². The highest BCUT2D eigenvalue weighted by Crippen LogP contribution is 2.35. The third kappa shape index (κ3) is 8.44. The first-order chi connectivity index (χ1) is 22.3. The molecule has 4 aromatic rings. The van der Waals surface area contributed by atoms with E-state index >= 15 is 0 Å². The molecule has 0 aromatic heterocycles. The van der Waals surface area contributed by atoms with Crippen molar-refractivity contribution in [2.75, 3.05) is 16.8 Å². The van der Waals surface area contributed by atoms with E-state index < -0.39 is 17.1 Å². The standard InChI is InChI=1S/C36H32ClN3O5S/c1-2-3-20-45-29-16-14-28(15-17-29)40-33(41)23-32(36(40)44)46-30-18-12-27(13-19-30)38-35(43)31(22-24-8-7-11-26(37)21-24)39-34(42)25-9-5-4-6-10-25/h4-19,21-22,32H,2-3,20,23H2,1H3,(H,38,43)(H,39,42)/b31-22-. The molecular formula is C36H32ClN3O5S. The van der Waals surface area contributed by atoms with Crippen LogP contribution in [0.4, 0.5) is 11.4 Å². The van der Waals surface area contributed by atoms with Crippen LogP contribution in [0, 0.1) is 0 Å². The zero-order chi connectivity index (χ0) is 32.5. The zero-order valence-corrected chi connectivity index (χ0v) is 26.6. The number of amides is 4. The van der Waals surface area contributed by atoms with Crippen molar-refractivity contribution in [2.24, 2.45) is 0 Å². The summed E-state index contributed by atoms with van der Waals surface area (Å²) in [6.07, 6.45) is 3.61. The highest BCUT2D eigenvalue weighted by atomic mass is 35.5. The second-order valence-electron chi connectivity index (χ2n) is 10.5. The lowest BCUT2D eigenvalue weighted by Crippen LogP contribution is -2.31. The van der Waals surface area contributed by atoms with Crippen molar-refractivity contribution < 1.29 is 23.9 Å². The van der Waals surface area contributed by atoms with Gasteiger partial charge in [-0.25, -0.2) is 4.90 Å². The fourth-order valence-electron chi connectivity index (χ4n) is 4.68. The van der Waals surface area contributed by atoms with Gasteiger partial charge in [0.1, 0.15) is 11.4 Å². The van der Waals surface area contributed by atoms with E-state index in [2.05, 4.69) is 17.6 Å². The van der Waals surface area contributed by atoms with Gasteiger partial charge in [-0.2, -0.15) is 0 Å². The molecule has 1 unspecified atom stereocenters. The van der Waals surface area contributed by atoms with Crippen LogP contribution in [0.3, 0.4) is 0 Å². The summed E-state index contributed by atoms with van der Waals surface area (Å²) in [4.78, 5) is 54.2. The minimum absolute atomic E-state index is 0.0327. The van der Waals surface area contributed by atoms with E-state index in [1.165, 1.54) is 16.7 Å². The Bertz CT molecular complexity index is 1740. The fraction of sp³-hybridized carbons (Fsp3) is 0.167. The number of halogens is 1. The molecule has 1 fully saturated rings. The lowest BCUT2D eigenvalue weighted by Gasteiger charge is -2.16. The molecule has 46 heavy (non-hydrogen) atoms. The number of hydrogen-bond acceptors (Lipinski definition) is 6. The largest absolute Gasteiger partial charge is 0.494 e. The van der Waals surface area contributed by atoms with E-state index in [4.69, 9.17) is 16.3 Å². The fourth-order valence-corrected chi connectivity index (χ4v) is 5.93. The van der Waals surface area contributed by atoms with Crippen molar-refractivity contribution >= 4 is 64.4 Å². The number of anilines is 2. The highest BCUT2D eigenvalue weighted by Gasteiger charge is 2.40. The van der Waals surface area contributed by atoms with Crippen molar-refractivity contribution in [1.82, 2.24) is 5.32 Å². The molecule has 8 nitrogen and oxygen atoms in total. The van der Waals surface area contributed by atoms with Gasteiger partial charge in [-0.05, 0) is 90.9 Å². The van der Waals surface area contributed by atoms with Crippen LogP contribution in [0.2, 0.25) is 5.02 Å². The smallest absolute Gasteiger partial charge is 0.272 e. The number of imide groups is 1. The summed E-state index contributed by atoms with van der Waals surface area (Å²) in [5.41, 5.74) is 2.07. The lowest BCUT2D eigenvalue weighted by molar-refractivity contribution is -0.121. The third-order valence-electron chi connectivity index (χ3n) is 7.05. The first kappa shape index (κ1) is 32.5. The van der Waals surface area contributed by atoms with E-state index in [0.29, 0.717) is 39.9 Å². The summed E-state index contributed by atoms with van der Waals surface area (Å²) in [5, 5.41) is 5.44. The van der Waals surface area contributed by atoms with Crippen LogP contribution in [0.15, 0.2) is 114 Å². The van der Waals surface area contributed by atoms with Gasteiger partial charge in [0.2, 0.25) is 11.8 Å². The normalized spacial score (nSPS) is 14.7. The van der Waals surface area contributed by atoms with Crippen molar-refractivity contribution in [3.63, 3.8) is 0 Å². The summed E-state index contributed by atoms with van der Waals surface area (Å²) < 4.78 is 5.69. The SMILES string of the molecule is CCCCOc1ccc(N2C(=O)CC(Sc3ccc(NC(=O)/C(=C/c4cccc(Cl)c4)NC(=O)c4ccccc4)cc3)C2=O)cc1. The number of unbranched alkanes of at least 4 members (excludes halogenated alkanes) is 1. The maximum Gasteiger partial charge on any atom is 0.272 e. The number of nitrogens with zero attached hydrogens (tertiary/aromatic N) is 1. The topological polar surface area (TPSA) is 105 Å². The number of carbonyl (C=O) groups is 4. The number of benzene rings is 4. The summed E-state index contributed by atoms with van der Waals surface area (Å²) in [5.74, 6) is -0.810. The molecule has 0 spiro atoms. The Morgan fingerprint density at radius 1 is 0.957 bits per heavy atom. The minimum Gasteiger partial charge on any atom is -0.494 e. The molecular weight excluding hydrogens is 622 g/mol. The number of rotatable bonds is 12. The first-order valence-electron chi connectivity index (χ1n) is 14.8. The van der Waals surface area contributed by atoms with Gasteiger partial charge in [-0.3, -0.25) is 19.2 Å². The van der Waals surface area contributed by atoms with Gasteiger partial charge in [0.25, 0.3) is 11.8 Å². The molecule has 4 amide bonds. The van der Waals surface area contributed by atoms with E-state index in [0.717, 1.165) is 17.7 Å². The number of hydrogen-bond donors (Lipinski definition) is 2. The second kappa shape index (κ2) is 15.4. The molecule has 2 N–H and O–H groups in total. The van der Waals surface area contributed by atoms with Crippen molar-refractivity contribution in [2.45, 2.75) is 36.3 Å². The van der Waals surface area contributed by atoms with Crippen LogP contribution in [0.25, 0.3) is 6.08 Å². The Morgan fingerprint density at radius 3 is 2.39 bits per heavy atom. The lowest BCUT2D eigenvalue weighted by atomic mass is 10.1. The number of nitrogens with one attached hydrogen (secondary N) is 2. The predicted molar refractivity (Wildman–Crippen MR) is 182 cm³/mol. The molecule has 1 atom stereocenters. The molecule has 1 saturated heterocycles. The van der Waals surface area contributed by atoms with Gasteiger partial charge in [0.05, 0.1) is 17.5 Å². The van der Waals surface area contributed by atoms with Gasteiger partial charge >= 0.3 is 0 Å². The Morgan fingerprint density at radius 2 is 1.70 bits per heavy atom. The number of carbonyl (C=O) groups excluding carboxylic acids is 4. The van der Waals surface area contributed by atoms with Crippen LogP contribution >= 0.6 is 23.4 Å². The van der Waals surface area contributed by atoms with Crippen LogP contribution in [0.1, 0.15) is 42.1 Å². The molecule has 1 aliphatic heterocycles. The van der Waals surface area contributed by atoms with Crippen LogP contribution < -0.4 is 20.3 Å². The van der Waals surface area contributed by atoms with Crippen molar-refractivity contribution in [3.05, 3.63) is 125 Å². The van der Waals surface area contributed by atoms with Crippen LogP contribution in [-0.4, -0.2) is 35.5 Å². The van der Waals surface area contributed by atoms with Crippen molar-refractivity contribution in [3.8, 4) is 5.75 Å². The van der Waals surface area contributed by atoms with E-state index in [1.807, 2.05) is 0 Å². The van der Waals surface area contributed by atoms with E-state index in [-0.39, 0.29) is 23.9 Å². The molecule has 0 aliphatic carbocycles. The summed E-state index contributed by atoms with van der Waals surface area (Å²) >= 11 is 7.42. The monoisotopic (exact) mass is 653 g/mol. The number of ether oxygens (including phenoxy) is 1. The zero-order valence-electron chi connectivity index (χ0n) is 25.1. The second-order valence-corrected chi connectivity index (χ2v) is 12.2. The molecule has 0 saturated carbocycles. The molecule has 1 heterocycles. The number of thioether (sulfide) groups is 1. The van der Waals surface area contributed by atoms with Crippen LogP contribution in [0.5, 0.6) is 5.75 Å². The van der Waals surface area contributed by atoms with Gasteiger partial charge in [0, 0.05) is 27.6 Å². The van der Waals surface area contributed by atoms with Gasteiger partial charge in [0.15, 0.2) is 0 Å². The Balaban J connectivity index is 1.23. The van der Waals surface area contributed by atoms with E-state index in [9.17, 15) is 19.2 Å². The summed E-state index contributed by atoms with van der Waals surface area (Å²) in [6.45, 7) is 2.70. The highest BCUT2D eigenvalue weighted by molar-refractivity contribution is 8.00. The Labute approximate surface area is 276 Å². The quantitative estimate of drug-likeness (QED) is 0.0941. The molecule has 0 radical (unpaired) electrons. The van der Waals surface area contributed by atoms with Crippen molar-refractivity contribution in [1.29, 1.82) is 0 Å². The Hall–Kier alpha value is -4.86. The molecule has 1 aliphatic rings. The molecule has 0 bridgehead atoms. The summed E-state index contributed by atoms with van der Waals surface area (Å²) in [6, 6.07) is 29.4. The molecule has 10 heteroatoms. The molecule has 5 rings (SSSR count). The average Bonchev–Trinajstić information content (AvgIpc) is 3.34.